The van der Waals surface area contributed by atoms with E-state index in [1.54, 1.807) is 18.2 Å². The summed E-state index contributed by atoms with van der Waals surface area (Å²) in [5.74, 6) is 0.0323. The van der Waals surface area contributed by atoms with Crippen molar-refractivity contribution in [1.82, 2.24) is 9.55 Å². The molecule has 0 saturated heterocycles. The Bertz CT molecular complexity index is 591. The van der Waals surface area contributed by atoms with Crippen LogP contribution >= 0.6 is 0 Å². The molecule has 0 spiro atoms. The van der Waals surface area contributed by atoms with Crippen LogP contribution in [0.15, 0.2) is 18.2 Å². The predicted molar refractivity (Wildman–Crippen MR) is 66.4 cm³/mol. The molecule has 0 aliphatic heterocycles. The minimum Gasteiger partial charge on any atom is -0.478 e. The molecule has 0 unspecified atom stereocenters. The van der Waals surface area contributed by atoms with Crippen molar-refractivity contribution in [3.05, 3.63) is 29.6 Å². The van der Waals surface area contributed by atoms with Crippen LogP contribution in [-0.4, -0.2) is 20.6 Å². The predicted octanol–water partition coefficient (Wildman–Crippen LogP) is 2.57. The lowest BCUT2D eigenvalue weighted by Gasteiger charge is -2.17. The number of fused-ring (bicyclic) bond motifs is 1. The molecule has 0 amide bonds. The lowest BCUT2D eigenvalue weighted by Crippen LogP contribution is -2.17. The largest absolute Gasteiger partial charge is 0.478 e. The monoisotopic (exact) mass is 232 g/mol. The van der Waals surface area contributed by atoms with Crippen molar-refractivity contribution in [2.45, 2.75) is 26.2 Å². The maximum Gasteiger partial charge on any atom is 0.335 e. The molecule has 4 heteroatoms. The first-order chi connectivity index (χ1) is 7.80. The molecule has 0 radical (unpaired) electrons. The second kappa shape index (κ2) is 3.58. The van der Waals surface area contributed by atoms with E-state index in [2.05, 4.69) is 25.8 Å². The lowest BCUT2D eigenvalue weighted by atomic mass is 9.96. The number of imidazole rings is 1. The van der Waals surface area contributed by atoms with Crippen LogP contribution in [0.2, 0.25) is 0 Å². The number of benzene rings is 1. The van der Waals surface area contributed by atoms with Gasteiger partial charge in [-0.15, -0.1) is 0 Å². The zero-order chi connectivity index (χ0) is 12.8. The number of rotatable bonds is 1. The first-order valence-corrected chi connectivity index (χ1v) is 5.51. The van der Waals surface area contributed by atoms with Gasteiger partial charge in [0, 0.05) is 12.5 Å². The van der Waals surface area contributed by atoms with Crippen molar-refractivity contribution >= 4 is 17.0 Å². The average molecular weight is 232 g/mol. The zero-order valence-corrected chi connectivity index (χ0v) is 10.5. The number of hydrogen-bond donors (Lipinski definition) is 1. The summed E-state index contributed by atoms with van der Waals surface area (Å²) < 4.78 is 2.01. The molecule has 0 bridgehead atoms. The third-order valence-electron chi connectivity index (χ3n) is 2.80. The van der Waals surface area contributed by atoms with Crippen molar-refractivity contribution in [2.75, 3.05) is 0 Å². The van der Waals surface area contributed by atoms with Gasteiger partial charge in [0.05, 0.1) is 16.6 Å². The van der Waals surface area contributed by atoms with Crippen LogP contribution < -0.4 is 0 Å². The summed E-state index contributed by atoms with van der Waals surface area (Å²) in [6.45, 7) is 6.27. The van der Waals surface area contributed by atoms with E-state index < -0.39 is 5.97 Å². The summed E-state index contributed by atoms with van der Waals surface area (Å²) in [6.07, 6.45) is 0. The van der Waals surface area contributed by atoms with Gasteiger partial charge in [0.25, 0.3) is 0 Å². The molecule has 0 fully saturated rings. The molecule has 0 atom stereocenters. The molecule has 1 N–H and O–H groups in total. The molecule has 1 heterocycles. The van der Waals surface area contributed by atoms with E-state index in [1.807, 2.05) is 11.6 Å². The summed E-state index contributed by atoms with van der Waals surface area (Å²) in [4.78, 5) is 15.4. The van der Waals surface area contributed by atoms with Gasteiger partial charge in [0.15, 0.2) is 0 Å². The Kier molecular flexibility index (Phi) is 2.45. The Balaban J connectivity index is 2.70. The van der Waals surface area contributed by atoms with Crippen LogP contribution in [0.4, 0.5) is 0 Å². The first-order valence-electron chi connectivity index (χ1n) is 5.51. The fourth-order valence-corrected chi connectivity index (χ4v) is 2.00. The summed E-state index contributed by atoms with van der Waals surface area (Å²) in [7, 11) is 1.95. The van der Waals surface area contributed by atoms with E-state index >= 15 is 0 Å². The maximum absolute atomic E-state index is 10.9. The summed E-state index contributed by atoms with van der Waals surface area (Å²) in [6, 6.07) is 5.03. The third-order valence-corrected chi connectivity index (χ3v) is 2.80. The van der Waals surface area contributed by atoms with Crippen LogP contribution in [0, 0.1) is 0 Å². The Morgan fingerprint density at radius 3 is 2.53 bits per heavy atom. The Hall–Kier alpha value is -1.84. The van der Waals surface area contributed by atoms with E-state index in [0.29, 0.717) is 0 Å². The molecule has 0 aliphatic rings. The van der Waals surface area contributed by atoms with Crippen LogP contribution in [0.5, 0.6) is 0 Å². The quantitative estimate of drug-likeness (QED) is 0.822. The number of aromatic nitrogens is 2. The third kappa shape index (κ3) is 1.90. The number of carboxylic acid groups (broad SMARTS) is 1. The Morgan fingerprint density at radius 2 is 2.00 bits per heavy atom. The van der Waals surface area contributed by atoms with Crippen LogP contribution in [-0.2, 0) is 12.5 Å². The molecule has 2 aromatic rings. The maximum atomic E-state index is 10.9. The highest BCUT2D eigenvalue weighted by molar-refractivity contribution is 5.92. The first kappa shape index (κ1) is 11.6. The van der Waals surface area contributed by atoms with Crippen molar-refractivity contribution in [3.63, 3.8) is 0 Å². The Morgan fingerprint density at radius 1 is 1.35 bits per heavy atom. The molecule has 1 aromatic heterocycles. The molecule has 0 aliphatic carbocycles. The second-order valence-electron chi connectivity index (χ2n) is 5.25. The smallest absolute Gasteiger partial charge is 0.335 e. The zero-order valence-electron chi connectivity index (χ0n) is 10.5. The summed E-state index contributed by atoms with van der Waals surface area (Å²) in [5, 5.41) is 8.95. The number of nitrogens with zero attached hydrogens (tertiary/aromatic N) is 2. The second-order valence-corrected chi connectivity index (χ2v) is 5.25. The number of aryl methyl sites for hydroxylation is 1. The highest BCUT2D eigenvalue weighted by atomic mass is 16.4. The van der Waals surface area contributed by atoms with Gasteiger partial charge >= 0.3 is 5.97 Å². The van der Waals surface area contributed by atoms with Crippen LogP contribution in [0.25, 0.3) is 11.0 Å². The van der Waals surface area contributed by atoms with E-state index in [4.69, 9.17) is 5.11 Å². The molecule has 2 rings (SSSR count). The number of hydrogen-bond acceptors (Lipinski definition) is 2. The number of carboxylic acids is 1. The van der Waals surface area contributed by atoms with Gasteiger partial charge in [-0.1, -0.05) is 20.8 Å². The topological polar surface area (TPSA) is 55.1 Å². The van der Waals surface area contributed by atoms with Crippen molar-refractivity contribution in [2.24, 2.45) is 7.05 Å². The Labute approximate surface area is 99.9 Å². The highest BCUT2D eigenvalue weighted by Crippen LogP contribution is 2.25. The van der Waals surface area contributed by atoms with Gasteiger partial charge in [-0.2, -0.15) is 0 Å². The number of aromatic carboxylic acids is 1. The van der Waals surface area contributed by atoms with Gasteiger partial charge < -0.3 is 9.67 Å². The minimum atomic E-state index is -0.921. The van der Waals surface area contributed by atoms with Gasteiger partial charge in [0.2, 0.25) is 0 Å². The van der Waals surface area contributed by atoms with Crippen molar-refractivity contribution in [3.8, 4) is 0 Å². The molecule has 1 aromatic carbocycles. The van der Waals surface area contributed by atoms with Gasteiger partial charge in [-0.25, -0.2) is 9.78 Å². The molecular weight excluding hydrogens is 216 g/mol. The lowest BCUT2D eigenvalue weighted by molar-refractivity contribution is 0.0697. The van der Waals surface area contributed by atoms with Crippen molar-refractivity contribution in [1.29, 1.82) is 0 Å². The normalized spacial score (nSPS) is 12.0. The molecular formula is C13H16N2O2. The molecule has 17 heavy (non-hydrogen) atoms. The summed E-state index contributed by atoms with van der Waals surface area (Å²) >= 11 is 0. The van der Waals surface area contributed by atoms with E-state index in [9.17, 15) is 4.79 Å². The fraction of sp³-hybridized carbons (Fsp3) is 0.385. The van der Waals surface area contributed by atoms with Crippen molar-refractivity contribution < 1.29 is 9.90 Å². The fourth-order valence-electron chi connectivity index (χ4n) is 2.00. The standard InChI is InChI=1S/C13H16N2O2/c1-13(2,3)12-14-9-7-8(11(16)17)5-6-10(9)15(12)4/h5-7H,1-4H3,(H,16,17). The minimum absolute atomic E-state index is 0.0584. The summed E-state index contributed by atoms with van der Waals surface area (Å²) in [5.41, 5.74) is 1.91. The molecule has 0 saturated carbocycles. The SMILES string of the molecule is Cn1c(C(C)(C)C)nc2cc(C(=O)O)ccc21. The van der Waals surface area contributed by atoms with E-state index in [1.165, 1.54) is 0 Å². The average Bonchev–Trinajstić information content (AvgIpc) is 2.55. The molecule has 4 nitrogen and oxygen atoms in total. The van der Waals surface area contributed by atoms with Gasteiger partial charge in [-0.05, 0) is 18.2 Å². The van der Waals surface area contributed by atoms with E-state index in [0.717, 1.165) is 16.9 Å². The van der Waals surface area contributed by atoms with Gasteiger partial charge in [0.1, 0.15) is 5.82 Å². The van der Waals surface area contributed by atoms with Gasteiger partial charge in [-0.3, -0.25) is 0 Å². The number of carbonyl (C=O) groups is 1. The van der Waals surface area contributed by atoms with Crippen LogP contribution in [0.1, 0.15) is 37.0 Å². The molecule has 90 valence electrons. The van der Waals surface area contributed by atoms with E-state index in [-0.39, 0.29) is 11.0 Å². The van der Waals surface area contributed by atoms with Crippen LogP contribution in [0.3, 0.4) is 0 Å². The highest BCUT2D eigenvalue weighted by Gasteiger charge is 2.21.